The summed E-state index contributed by atoms with van der Waals surface area (Å²) in [6.45, 7) is 1.85. The summed E-state index contributed by atoms with van der Waals surface area (Å²) < 4.78 is 9.89. The first kappa shape index (κ1) is 15.9. The number of ether oxygens (including phenoxy) is 1. The van der Waals surface area contributed by atoms with Crippen LogP contribution in [0.4, 0.5) is 0 Å². The van der Waals surface area contributed by atoms with Gasteiger partial charge in [0, 0.05) is 5.75 Å². The van der Waals surface area contributed by atoms with Crippen LogP contribution in [0.1, 0.15) is 17.8 Å². The number of carbonyl (C=O) groups excluding carboxylic acids is 1. The molecule has 1 aromatic heterocycles. The van der Waals surface area contributed by atoms with E-state index in [1.54, 1.807) is 11.8 Å². The lowest BCUT2D eigenvalue weighted by Crippen LogP contribution is -2.46. The Hall–Kier alpha value is -1.44. The molecule has 2 aromatic rings. The Bertz CT molecular complexity index is 603. The van der Waals surface area contributed by atoms with E-state index in [-0.39, 0.29) is 0 Å². The van der Waals surface area contributed by atoms with E-state index in [1.165, 1.54) is 18.6 Å². The lowest BCUT2D eigenvalue weighted by atomic mass is 9.88. The third-order valence-corrected chi connectivity index (χ3v) is 5.00. The minimum atomic E-state index is -1.14. The lowest BCUT2D eigenvalue weighted by molar-refractivity contribution is -0.147. The molecule has 2 rings (SSSR count). The molecule has 2 N–H and O–H groups in total. The standard InChI is InChI=1S/C14H17N3O2S2/c1-10-16-13(21-17-10)20-9-8-14(15,12(18)19-2)11-6-4-3-5-7-11/h3-7H,8-9,15H2,1-2H3. The van der Waals surface area contributed by atoms with Gasteiger partial charge in [0.15, 0.2) is 4.34 Å². The van der Waals surface area contributed by atoms with E-state index in [9.17, 15) is 4.79 Å². The van der Waals surface area contributed by atoms with Crippen molar-refractivity contribution in [2.24, 2.45) is 5.73 Å². The Morgan fingerprint density at radius 3 is 2.71 bits per heavy atom. The molecule has 0 saturated carbocycles. The molecule has 1 atom stereocenters. The van der Waals surface area contributed by atoms with Gasteiger partial charge >= 0.3 is 5.97 Å². The summed E-state index contributed by atoms with van der Waals surface area (Å²) in [7, 11) is 1.36. The fourth-order valence-electron chi connectivity index (χ4n) is 1.92. The summed E-state index contributed by atoms with van der Waals surface area (Å²) in [6.07, 6.45) is 0.465. The summed E-state index contributed by atoms with van der Waals surface area (Å²) in [5, 5.41) is 0. The molecule has 0 aliphatic rings. The largest absolute Gasteiger partial charge is 0.467 e. The number of esters is 1. The molecule has 0 fully saturated rings. The van der Waals surface area contributed by atoms with Crippen LogP contribution >= 0.6 is 23.3 Å². The highest BCUT2D eigenvalue weighted by Gasteiger charge is 2.36. The predicted octanol–water partition coefficient (Wildman–Crippen LogP) is 2.36. The van der Waals surface area contributed by atoms with E-state index in [4.69, 9.17) is 10.5 Å². The number of nitrogens with two attached hydrogens (primary N) is 1. The van der Waals surface area contributed by atoms with Crippen molar-refractivity contribution in [3.05, 3.63) is 41.7 Å². The van der Waals surface area contributed by atoms with Gasteiger partial charge in [-0.25, -0.2) is 9.78 Å². The average Bonchev–Trinajstić information content (AvgIpc) is 2.92. The van der Waals surface area contributed by atoms with Crippen LogP contribution in [0.2, 0.25) is 0 Å². The Labute approximate surface area is 132 Å². The van der Waals surface area contributed by atoms with E-state index in [0.717, 1.165) is 15.7 Å². The Kier molecular flexibility index (Phi) is 5.33. The maximum atomic E-state index is 12.1. The van der Waals surface area contributed by atoms with E-state index in [2.05, 4.69) is 9.36 Å². The van der Waals surface area contributed by atoms with Gasteiger partial charge in [-0.2, -0.15) is 4.37 Å². The summed E-state index contributed by atoms with van der Waals surface area (Å²) in [5.41, 5.74) is 5.94. The van der Waals surface area contributed by atoms with E-state index in [0.29, 0.717) is 12.2 Å². The van der Waals surface area contributed by atoms with Gasteiger partial charge in [0.2, 0.25) is 0 Å². The molecule has 0 bridgehead atoms. The Balaban J connectivity index is 2.08. The van der Waals surface area contributed by atoms with Gasteiger partial charge in [0.05, 0.1) is 7.11 Å². The van der Waals surface area contributed by atoms with Crippen molar-refractivity contribution in [1.29, 1.82) is 0 Å². The SMILES string of the molecule is COC(=O)C(N)(CCSc1nc(C)ns1)c1ccccc1. The van der Waals surface area contributed by atoms with Crippen molar-refractivity contribution < 1.29 is 9.53 Å². The van der Waals surface area contributed by atoms with Crippen LogP contribution in [-0.4, -0.2) is 28.2 Å². The average molecular weight is 323 g/mol. The van der Waals surface area contributed by atoms with Gasteiger partial charge in [-0.3, -0.25) is 0 Å². The molecule has 5 nitrogen and oxygen atoms in total. The van der Waals surface area contributed by atoms with Crippen LogP contribution in [0.5, 0.6) is 0 Å². The van der Waals surface area contributed by atoms with Gasteiger partial charge in [-0.1, -0.05) is 42.1 Å². The molecule has 1 unspecified atom stereocenters. The second kappa shape index (κ2) is 7.02. The fraction of sp³-hybridized carbons (Fsp3) is 0.357. The lowest BCUT2D eigenvalue weighted by Gasteiger charge is -2.26. The first-order valence-corrected chi connectivity index (χ1v) is 8.18. The van der Waals surface area contributed by atoms with Crippen molar-refractivity contribution in [3.63, 3.8) is 0 Å². The molecular formula is C14H17N3O2S2. The number of carbonyl (C=O) groups is 1. The minimum absolute atomic E-state index is 0.428. The number of hydrogen-bond donors (Lipinski definition) is 1. The van der Waals surface area contributed by atoms with Crippen molar-refractivity contribution in [1.82, 2.24) is 9.36 Å². The third-order valence-electron chi connectivity index (χ3n) is 3.07. The van der Waals surface area contributed by atoms with Crippen LogP contribution in [0.25, 0.3) is 0 Å². The van der Waals surface area contributed by atoms with Crippen LogP contribution in [0.15, 0.2) is 34.7 Å². The normalized spacial score (nSPS) is 13.7. The summed E-state index contributed by atoms with van der Waals surface area (Å²) >= 11 is 2.90. The first-order valence-electron chi connectivity index (χ1n) is 6.42. The molecule has 1 aromatic carbocycles. The molecule has 21 heavy (non-hydrogen) atoms. The van der Waals surface area contributed by atoms with Gasteiger partial charge < -0.3 is 10.5 Å². The quantitative estimate of drug-likeness (QED) is 0.649. The third kappa shape index (κ3) is 3.81. The zero-order valence-electron chi connectivity index (χ0n) is 11.9. The molecule has 0 radical (unpaired) electrons. The van der Waals surface area contributed by atoms with Crippen molar-refractivity contribution in [3.8, 4) is 0 Å². The number of nitrogens with zero attached hydrogens (tertiary/aromatic N) is 2. The second-order valence-electron chi connectivity index (χ2n) is 4.53. The predicted molar refractivity (Wildman–Crippen MR) is 84.3 cm³/mol. The van der Waals surface area contributed by atoms with E-state index >= 15 is 0 Å². The van der Waals surface area contributed by atoms with Gasteiger partial charge in [0.1, 0.15) is 11.4 Å². The number of hydrogen-bond acceptors (Lipinski definition) is 7. The molecule has 7 heteroatoms. The number of rotatable bonds is 6. The molecule has 0 spiro atoms. The number of aromatic nitrogens is 2. The van der Waals surface area contributed by atoms with Crippen LogP contribution in [0, 0.1) is 6.92 Å². The maximum Gasteiger partial charge on any atom is 0.330 e. The van der Waals surface area contributed by atoms with Gasteiger partial charge in [-0.15, -0.1) is 0 Å². The number of benzene rings is 1. The van der Waals surface area contributed by atoms with E-state index < -0.39 is 11.5 Å². The van der Waals surface area contributed by atoms with Crippen molar-refractivity contribution in [2.75, 3.05) is 12.9 Å². The topological polar surface area (TPSA) is 78.1 Å². The summed E-state index contributed by atoms with van der Waals surface area (Å²) in [5.74, 6) is 0.995. The number of aryl methyl sites for hydroxylation is 1. The molecule has 112 valence electrons. The van der Waals surface area contributed by atoms with E-state index in [1.807, 2.05) is 37.3 Å². The maximum absolute atomic E-state index is 12.1. The molecule has 0 saturated heterocycles. The first-order chi connectivity index (χ1) is 10.1. The Morgan fingerprint density at radius 1 is 1.43 bits per heavy atom. The zero-order chi connectivity index (χ0) is 15.3. The number of thioether (sulfide) groups is 1. The molecular weight excluding hydrogens is 306 g/mol. The monoisotopic (exact) mass is 323 g/mol. The van der Waals surface area contributed by atoms with Crippen molar-refractivity contribution in [2.45, 2.75) is 23.2 Å². The minimum Gasteiger partial charge on any atom is -0.467 e. The number of methoxy groups -OCH3 is 1. The van der Waals surface area contributed by atoms with Crippen molar-refractivity contribution >= 4 is 29.3 Å². The highest BCUT2D eigenvalue weighted by Crippen LogP contribution is 2.28. The van der Waals surface area contributed by atoms with Crippen LogP contribution in [-0.2, 0) is 15.1 Å². The summed E-state index contributed by atoms with van der Waals surface area (Å²) in [6, 6.07) is 9.30. The smallest absolute Gasteiger partial charge is 0.330 e. The van der Waals surface area contributed by atoms with Crippen LogP contribution in [0.3, 0.4) is 0 Å². The highest BCUT2D eigenvalue weighted by atomic mass is 32.2. The molecule has 0 amide bonds. The van der Waals surface area contributed by atoms with Gasteiger partial charge in [-0.05, 0) is 30.4 Å². The van der Waals surface area contributed by atoms with Crippen LogP contribution < -0.4 is 5.73 Å². The summed E-state index contributed by atoms with van der Waals surface area (Å²) in [4.78, 5) is 16.4. The molecule has 0 aliphatic heterocycles. The van der Waals surface area contributed by atoms with Gasteiger partial charge in [0.25, 0.3) is 0 Å². The highest BCUT2D eigenvalue weighted by molar-refractivity contribution is 8.00. The zero-order valence-corrected chi connectivity index (χ0v) is 13.5. The fourth-order valence-corrected chi connectivity index (χ4v) is 3.71. The molecule has 0 aliphatic carbocycles. The Morgan fingerprint density at radius 2 is 2.14 bits per heavy atom. The second-order valence-corrected chi connectivity index (χ2v) is 6.63. The molecule has 1 heterocycles.